The molecule has 1 fully saturated rings. The molecule has 12 heteroatoms. The number of fused-ring (bicyclic) bond motifs is 1. The number of ether oxygens (including phenoxy) is 1. The van der Waals surface area contributed by atoms with Crippen LogP contribution in [-0.2, 0) is 14.9 Å². The zero-order valence-electron chi connectivity index (χ0n) is 18.4. The summed E-state index contributed by atoms with van der Waals surface area (Å²) in [6, 6.07) is 7.18. The van der Waals surface area contributed by atoms with E-state index in [0.29, 0.717) is 50.5 Å². The van der Waals surface area contributed by atoms with Crippen LogP contribution in [0.5, 0.6) is 0 Å². The van der Waals surface area contributed by atoms with Crippen LogP contribution in [-0.4, -0.2) is 31.5 Å². The average Bonchev–Trinajstić information content (AvgIpc) is 3.25. The van der Waals surface area contributed by atoms with Crippen molar-refractivity contribution in [1.29, 1.82) is 0 Å². The minimum atomic E-state index is -0.840. The summed E-state index contributed by atoms with van der Waals surface area (Å²) in [4.78, 5) is 33.7. The molecule has 5 rings (SSSR count). The Bertz CT molecular complexity index is 1490. The Balaban J connectivity index is 1.30. The van der Waals surface area contributed by atoms with E-state index in [1.165, 1.54) is 34.2 Å². The first-order valence-electron chi connectivity index (χ1n) is 10.5. The van der Waals surface area contributed by atoms with Gasteiger partial charge in [-0.25, -0.2) is 14.8 Å². The number of aryl methyl sites for hydroxylation is 1. The van der Waals surface area contributed by atoms with Crippen molar-refractivity contribution >= 4 is 73.2 Å². The van der Waals surface area contributed by atoms with Gasteiger partial charge in [0.2, 0.25) is 0 Å². The number of carbonyl (C=O) groups excluding carboxylic acids is 1. The third-order valence-electron chi connectivity index (χ3n) is 5.55. The Morgan fingerprint density at radius 1 is 1.23 bits per heavy atom. The first-order chi connectivity index (χ1) is 16.8. The molecular weight excluding hydrogens is 528 g/mol. The van der Waals surface area contributed by atoms with E-state index in [1.807, 2.05) is 19.1 Å². The predicted octanol–water partition coefficient (Wildman–Crippen LogP) is 6.00. The van der Waals surface area contributed by atoms with Crippen molar-refractivity contribution in [3.63, 3.8) is 0 Å². The van der Waals surface area contributed by atoms with Gasteiger partial charge in [0.05, 0.1) is 5.69 Å². The van der Waals surface area contributed by atoms with E-state index in [4.69, 9.17) is 16.3 Å². The highest BCUT2D eigenvalue weighted by Crippen LogP contribution is 2.51. The molecule has 35 heavy (non-hydrogen) atoms. The standard InChI is InChI=1S/C23H17ClN4O4S3/c1-11(13-5-3-4-6-14(13)24)32-22(31)26-17-12(2)35-28-15(17)7-8-16-25-18-19(33-16)34-20(27-18)23(9-10-23)21(29)30/h3-6,11H,9-10H2,1-2H3,(H,26,31)(H,29,30). The summed E-state index contributed by atoms with van der Waals surface area (Å²) in [7, 11) is 0. The van der Waals surface area contributed by atoms with E-state index in [0.717, 1.165) is 8.89 Å². The maximum atomic E-state index is 12.5. The fourth-order valence-electron chi connectivity index (χ4n) is 3.42. The van der Waals surface area contributed by atoms with Gasteiger partial charge < -0.3 is 9.84 Å². The largest absolute Gasteiger partial charge is 0.481 e. The topological polar surface area (TPSA) is 114 Å². The maximum Gasteiger partial charge on any atom is 0.412 e. The van der Waals surface area contributed by atoms with Crippen molar-refractivity contribution in [3.8, 4) is 11.8 Å². The molecule has 2 N–H and O–H groups in total. The van der Waals surface area contributed by atoms with Crippen molar-refractivity contribution in [1.82, 2.24) is 14.3 Å². The fraction of sp³-hybridized carbons (Fsp3) is 0.261. The smallest absolute Gasteiger partial charge is 0.412 e. The molecule has 1 aliphatic carbocycles. The lowest BCUT2D eigenvalue weighted by molar-refractivity contribution is -0.140. The van der Waals surface area contributed by atoms with Crippen LogP contribution >= 0.6 is 45.8 Å². The highest BCUT2D eigenvalue weighted by Gasteiger charge is 2.54. The predicted molar refractivity (Wildman–Crippen MR) is 137 cm³/mol. The number of amides is 1. The molecular formula is C23H17ClN4O4S3. The summed E-state index contributed by atoms with van der Waals surface area (Å²) in [5.74, 6) is 5.11. The summed E-state index contributed by atoms with van der Waals surface area (Å²) in [5.41, 5.74) is 1.27. The number of halogens is 1. The highest BCUT2D eigenvalue weighted by molar-refractivity contribution is 7.38. The number of aliphatic carboxylic acids is 1. The van der Waals surface area contributed by atoms with Gasteiger partial charge in [-0.05, 0) is 56.1 Å². The molecule has 0 bridgehead atoms. The molecule has 0 spiro atoms. The number of benzene rings is 1. The van der Waals surface area contributed by atoms with Gasteiger partial charge in [0.25, 0.3) is 0 Å². The van der Waals surface area contributed by atoms with Gasteiger partial charge in [-0.15, -0.1) is 11.3 Å². The van der Waals surface area contributed by atoms with Gasteiger partial charge in [-0.1, -0.05) is 41.1 Å². The molecule has 1 atom stereocenters. The number of hydrogen-bond donors (Lipinski definition) is 2. The summed E-state index contributed by atoms with van der Waals surface area (Å²) in [6.07, 6.45) is 0.0345. The van der Waals surface area contributed by atoms with Crippen LogP contribution in [0.1, 0.15) is 52.0 Å². The Kier molecular flexibility index (Phi) is 6.23. The second kappa shape index (κ2) is 9.20. The van der Waals surface area contributed by atoms with Gasteiger partial charge in [0.1, 0.15) is 20.5 Å². The van der Waals surface area contributed by atoms with E-state index in [-0.39, 0.29) is 0 Å². The van der Waals surface area contributed by atoms with Crippen molar-refractivity contribution in [2.24, 2.45) is 0 Å². The fourth-order valence-corrected chi connectivity index (χ4v) is 6.53. The van der Waals surface area contributed by atoms with Gasteiger partial charge in [-0.2, -0.15) is 4.37 Å². The monoisotopic (exact) mass is 544 g/mol. The molecule has 0 saturated heterocycles. The van der Waals surface area contributed by atoms with E-state index in [2.05, 4.69) is 31.5 Å². The molecule has 1 aliphatic rings. The van der Waals surface area contributed by atoms with Crippen LogP contribution in [0.2, 0.25) is 5.02 Å². The van der Waals surface area contributed by atoms with Crippen LogP contribution in [0.15, 0.2) is 24.3 Å². The summed E-state index contributed by atoms with van der Waals surface area (Å²) in [6.45, 7) is 3.58. The Morgan fingerprint density at radius 2 is 2.00 bits per heavy atom. The number of carboxylic acids is 1. The van der Waals surface area contributed by atoms with Crippen molar-refractivity contribution in [2.45, 2.75) is 38.2 Å². The molecule has 1 aromatic carbocycles. The SMILES string of the molecule is Cc1snc(C#Cc2nc3nc(C4(C(=O)O)CC4)sc3s2)c1NC(=O)OC(C)c1ccccc1Cl. The molecule has 3 aromatic heterocycles. The van der Waals surface area contributed by atoms with Crippen LogP contribution in [0.4, 0.5) is 10.5 Å². The summed E-state index contributed by atoms with van der Waals surface area (Å²) >= 11 is 10.1. The molecule has 0 aliphatic heterocycles. The van der Waals surface area contributed by atoms with Gasteiger partial charge in [0, 0.05) is 15.5 Å². The Morgan fingerprint density at radius 3 is 2.69 bits per heavy atom. The average molecular weight is 545 g/mol. The highest BCUT2D eigenvalue weighted by atomic mass is 35.5. The van der Waals surface area contributed by atoms with Gasteiger partial charge in [-0.3, -0.25) is 10.1 Å². The molecule has 3 heterocycles. The summed E-state index contributed by atoms with van der Waals surface area (Å²) < 4.78 is 10.6. The first kappa shape index (κ1) is 23.7. The lowest BCUT2D eigenvalue weighted by Crippen LogP contribution is -2.18. The number of nitrogens with zero attached hydrogens (tertiary/aromatic N) is 3. The third kappa shape index (κ3) is 4.62. The lowest BCUT2D eigenvalue weighted by Gasteiger charge is -2.15. The molecule has 1 unspecified atom stereocenters. The van der Waals surface area contributed by atoms with Crippen molar-refractivity contribution in [3.05, 3.63) is 55.4 Å². The second-order valence-corrected chi connectivity index (χ2v) is 11.6. The van der Waals surface area contributed by atoms with Gasteiger partial charge in [0.15, 0.2) is 16.3 Å². The Hall–Kier alpha value is -3.04. The first-order valence-corrected chi connectivity index (χ1v) is 13.3. The number of thiazole rings is 2. The number of nitrogens with one attached hydrogen (secondary N) is 1. The van der Waals surface area contributed by atoms with Crippen LogP contribution in [0.3, 0.4) is 0 Å². The van der Waals surface area contributed by atoms with Gasteiger partial charge >= 0.3 is 12.1 Å². The maximum absolute atomic E-state index is 12.5. The number of carboxylic acid groups (broad SMARTS) is 1. The number of carbonyl (C=O) groups is 2. The number of anilines is 1. The zero-order valence-corrected chi connectivity index (χ0v) is 21.6. The number of aromatic nitrogens is 3. The Labute approximate surface area is 217 Å². The van der Waals surface area contributed by atoms with Crippen LogP contribution in [0.25, 0.3) is 9.66 Å². The minimum Gasteiger partial charge on any atom is -0.481 e. The molecule has 1 amide bonds. The zero-order chi connectivity index (χ0) is 24.7. The number of hydrogen-bond acceptors (Lipinski definition) is 9. The molecule has 4 aromatic rings. The van der Waals surface area contributed by atoms with E-state index in [9.17, 15) is 14.7 Å². The minimum absolute atomic E-state index is 0.407. The normalized spacial score (nSPS) is 14.7. The van der Waals surface area contributed by atoms with Crippen LogP contribution in [0, 0.1) is 18.8 Å². The van der Waals surface area contributed by atoms with Crippen molar-refractivity contribution < 1.29 is 19.4 Å². The van der Waals surface area contributed by atoms with Crippen molar-refractivity contribution in [2.75, 3.05) is 5.32 Å². The van der Waals surface area contributed by atoms with Crippen LogP contribution < -0.4 is 5.32 Å². The molecule has 0 radical (unpaired) electrons. The lowest BCUT2D eigenvalue weighted by atomic mass is 10.1. The quantitative estimate of drug-likeness (QED) is 0.296. The molecule has 178 valence electrons. The van der Waals surface area contributed by atoms with E-state index < -0.39 is 23.6 Å². The molecule has 1 saturated carbocycles. The van der Waals surface area contributed by atoms with E-state index >= 15 is 0 Å². The second-order valence-electron chi connectivity index (χ2n) is 7.94. The van der Waals surface area contributed by atoms with E-state index in [1.54, 1.807) is 19.1 Å². The molecule has 8 nitrogen and oxygen atoms in total. The number of rotatable bonds is 5. The summed E-state index contributed by atoms with van der Waals surface area (Å²) in [5, 5.41) is 13.9. The third-order valence-corrected chi connectivity index (χ3v) is 8.94.